The van der Waals surface area contributed by atoms with E-state index in [0.717, 1.165) is 0 Å². The molecule has 0 radical (unpaired) electrons. The minimum Gasteiger partial charge on any atom is -0.353 e. The first kappa shape index (κ1) is 16.6. The second kappa shape index (κ2) is 7.47. The summed E-state index contributed by atoms with van der Waals surface area (Å²) in [4.78, 5) is 37.1. The fraction of sp³-hybridized carbons (Fsp3) is 0.357. The number of nitrogens with one attached hydrogen (secondary N) is 2. The lowest BCUT2D eigenvalue weighted by molar-refractivity contribution is -0.143. The van der Waals surface area contributed by atoms with Crippen molar-refractivity contribution in [3.05, 3.63) is 29.3 Å². The number of nitrogens with zero attached hydrogens (tertiary/aromatic N) is 1. The van der Waals surface area contributed by atoms with Crippen molar-refractivity contribution in [2.75, 3.05) is 24.3 Å². The van der Waals surface area contributed by atoms with E-state index in [0.29, 0.717) is 23.8 Å². The largest absolute Gasteiger partial charge is 0.353 e. The molecule has 1 atom stereocenters. The summed E-state index contributed by atoms with van der Waals surface area (Å²) in [5.74, 6) is -1.32. The summed E-state index contributed by atoms with van der Waals surface area (Å²) in [7, 11) is 0. The molecule has 2 rings (SSSR count). The highest BCUT2D eigenvalue weighted by molar-refractivity contribution is 6.31. The normalized spacial score (nSPS) is 17.8. The standard InChI is InChI=1S/C14H15Cl2N3O3/c15-8-13(21)19-5-4-17-14(22)11(19)7-12(20)18-10-3-1-2-9(16)6-10/h1-3,6,11H,4-5,7-8H2,(H,17,22)(H,18,20)/t11-/m1/s1. The number of carbonyl (C=O) groups excluding carboxylic acids is 3. The Morgan fingerprint density at radius 1 is 1.41 bits per heavy atom. The summed E-state index contributed by atoms with van der Waals surface area (Å²) in [5, 5.41) is 5.79. The van der Waals surface area contributed by atoms with E-state index < -0.39 is 6.04 Å². The molecule has 1 aliphatic heterocycles. The molecule has 1 aliphatic rings. The van der Waals surface area contributed by atoms with Gasteiger partial charge in [-0.2, -0.15) is 0 Å². The Hall–Kier alpha value is -1.79. The molecule has 0 aliphatic carbocycles. The second-order valence-electron chi connectivity index (χ2n) is 4.79. The monoisotopic (exact) mass is 343 g/mol. The first-order valence-electron chi connectivity index (χ1n) is 6.70. The zero-order chi connectivity index (χ0) is 16.1. The number of anilines is 1. The van der Waals surface area contributed by atoms with Gasteiger partial charge in [0.2, 0.25) is 17.7 Å². The predicted octanol–water partition coefficient (Wildman–Crippen LogP) is 1.23. The third-order valence-electron chi connectivity index (χ3n) is 3.25. The lowest BCUT2D eigenvalue weighted by Gasteiger charge is -2.34. The summed E-state index contributed by atoms with van der Waals surface area (Å²) < 4.78 is 0. The van der Waals surface area contributed by atoms with E-state index in [9.17, 15) is 14.4 Å². The first-order chi connectivity index (χ1) is 10.5. The smallest absolute Gasteiger partial charge is 0.243 e. The zero-order valence-electron chi connectivity index (χ0n) is 11.6. The number of carbonyl (C=O) groups is 3. The van der Waals surface area contributed by atoms with Crippen LogP contribution in [0.25, 0.3) is 0 Å². The van der Waals surface area contributed by atoms with Crippen LogP contribution in [0.5, 0.6) is 0 Å². The van der Waals surface area contributed by atoms with Crippen molar-refractivity contribution in [2.45, 2.75) is 12.5 Å². The molecule has 1 aromatic rings. The molecule has 3 amide bonds. The van der Waals surface area contributed by atoms with E-state index in [1.165, 1.54) is 4.90 Å². The van der Waals surface area contributed by atoms with Gasteiger partial charge in [0, 0.05) is 23.8 Å². The van der Waals surface area contributed by atoms with Gasteiger partial charge in [-0.1, -0.05) is 17.7 Å². The average Bonchev–Trinajstić information content (AvgIpc) is 2.48. The molecule has 0 bridgehead atoms. The number of halogens is 2. The van der Waals surface area contributed by atoms with Crippen molar-refractivity contribution in [3.8, 4) is 0 Å². The van der Waals surface area contributed by atoms with Gasteiger partial charge in [0.15, 0.2) is 0 Å². The van der Waals surface area contributed by atoms with Crippen LogP contribution in [0, 0.1) is 0 Å². The van der Waals surface area contributed by atoms with Gasteiger partial charge in [0.1, 0.15) is 11.9 Å². The van der Waals surface area contributed by atoms with Gasteiger partial charge < -0.3 is 15.5 Å². The Bertz CT molecular complexity index is 594. The molecule has 8 heteroatoms. The van der Waals surface area contributed by atoms with Crippen molar-refractivity contribution >= 4 is 46.6 Å². The number of piperazine rings is 1. The van der Waals surface area contributed by atoms with Gasteiger partial charge in [0.25, 0.3) is 0 Å². The molecular weight excluding hydrogens is 329 g/mol. The second-order valence-corrected chi connectivity index (χ2v) is 5.49. The Kier molecular flexibility index (Phi) is 5.63. The number of hydrogen-bond acceptors (Lipinski definition) is 3. The highest BCUT2D eigenvalue weighted by Gasteiger charge is 2.34. The van der Waals surface area contributed by atoms with E-state index in [1.807, 2.05) is 0 Å². The van der Waals surface area contributed by atoms with Gasteiger partial charge in [0.05, 0.1) is 6.42 Å². The van der Waals surface area contributed by atoms with Gasteiger partial charge in [-0.25, -0.2) is 0 Å². The molecule has 1 aromatic carbocycles. The fourth-order valence-electron chi connectivity index (χ4n) is 2.25. The lowest BCUT2D eigenvalue weighted by atomic mass is 10.1. The quantitative estimate of drug-likeness (QED) is 0.807. The predicted molar refractivity (Wildman–Crippen MR) is 83.9 cm³/mol. The topological polar surface area (TPSA) is 78.5 Å². The highest BCUT2D eigenvalue weighted by atomic mass is 35.5. The summed E-state index contributed by atoms with van der Waals surface area (Å²) in [6.45, 7) is 0.695. The van der Waals surface area contributed by atoms with Crippen LogP contribution >= 0.6 is 23.2 Å². The van der Waals surface area contributed by atoms with Crippen LogP contribution in [0.15, 0.2) is 24.3 Å². The minimum atomic E-state index is -0.848. The molecule has 1 saturated heterocycles. The Morgan fingerprint density at radius 3 is 2.86 bits per heavy atom. The highest BCUT2D eigenvalue weighted by Crippen LogP contribution is 2.16. The minimum absolute atomic E-state index is 0.138. The van der Waals surface area contributed by atoms with Crippen LogP contribution < -0.4 is 10.6 Å². The maximum Gasteiger partial charge on any atom is 0.243 e. The third kappa shape index (κ3) is 4.11. The molecular formula is C14H15Cl2N3O3. The number of benzene rings is 1. The van der Waals surface area contributed by atoms with Crippen molar-refractivity contribution in [1.82, 2.24) is 10.2 Å². The molecule has 0 spiro atoms. The van der Waals surface area contributed by atoms with Crippen LogP contribution in [-0.4, -0.2) is 47.6 Å². The molecule has 0 aromatic heterocycles. The summed E-state index contributed by atoms with van der Waals surface area (Å²) in [6.07, 6.45) is -0.138. The van der Waals surface area contributed by atoms with E-state index in [-0.39, 0.29) is 30.0 Å². The Morgan fingerprint density at radius 2 is 2.18 bits per heavy atom. The number of hydrogen-bond donors (Lipinski definition) is 2. The van der Waals surface area contributed by atoms with Crippen molar-refractivity contribution in [3.63, 3.8) is 0 Å². The molecule has 118 valence electrons. The Balaban J connectivity index is 2.04. The van der Waals surface area contributed by atoms with E-state index in [2.05, 4.69) is 10.6 Å². The average molecular weight is 344 g/mol. The van der Waals surface area contributed by atoms with Gasteiger partial charge in [-0.15, -0.1) is 11.6 Å². The van der Waals surface area contributed by atoms with Crippen LogP contribution in [0.4, 0.5) is 5.69 Å². The SMILES string of the molecule is O=C(C[C@@H]1C(=O)NCCN1C(=O)CCl)Nc1cccc(Cl)c1. The molecule has 0 unspecified atom stereocenters. The van der Waals surface area contributed by atoms with Gasteiger partial charge >= 0.3 is 0 Å². The number of rotatable bonds is 4. The molecule has 1 heterocycles. The number of alkyl halides is 1. The summed E-state index contributed by atoms with van der Waals surface area (Å²) in [5.41, 5.74) is 0.531. The lowest BCUT2D eigenvalue weighted by Crippen LogP contribution is -2.58. The first-order valence-corrected chi connectivity index (χ1v) is 7.61. The van der Waals surface area contributed by atoms with E-state index >= 15 is 0 Å². The number of amides is 3. The molecule has 0 saturated carbocycles. The summed E-state index contributed by atoms with van der Waals surface area (Å²) >= 11 is 11.4. The molecule has 1 fully saturated rings. The summed E-state index contributed by atoms with van der Waals surface area (Å²) in [6, 6.07) is 5.83. The van der Waals surface area contributed by atoms with Crippen LogP contribution in [0.1, 0.15) is 6.42 Å². The maximum absolute atomic E-state index is 12.1. The van der Waals surface area contributed by atoms with Crippen molar-refractivity contribution in [1.29, 1.82) is 0 Å². The van der Waals surface area contributed by atoms with E-state index in [1.54, 1.807) is 24.3 Å². The van der Waals surface area contributed by atoms with Crippen LogP contribution in [-0.2, 0) is 14.4 Å². The zero-order valence-corrected chi connectivity index (χ0v) is 13.2. The van der Waals surface area contributed by atoms with Crippen molar-refractivity contribution in [2.24, 2.45) is 0 Å². The third-order valence-corrected chi connectivity index (χ3v) is 3.72. The molecule has 6 nitrogen and oxygen atoms in total. The van der Waals surface area contributed by atoms with Gasteiger partial charge in [-0.3, -0.25) is 14.4 Å². The molecule has 2 N–H and O–H groups in total. The van der Waals surface area contributed by atoms with Crippen LogP contribution in [0.3, 0.4) is 0 Å². The molecule has 22 heavy (non-hydrogen) atoms. The Labute approximate surface area is 137 Å². The van der Waals surface area contributed by atoms with Gasteiger partial charge in [-0.05, 0) is 18.2 Å². The maximum atomic E-state index is 12.1. The van der Waals surface area contributed by atoms with Crippen LogP contribution in [0.2, 0.25) is 5.02 Å². The fourth-order valence-corrected chi connectivity index (χ4v) is 2.59. The van der Waals surface area contributed by atoms with E-state index in [4.69, 9.17) is 23.2 Å². The van der Waals surface area contributed by atoms with Crippen molar-refractivity contribution < 1.29 is 14.4 Å².